The van der Waals surface area contributed by atoms with E-state index in [1.807, 2.05) is 50.2 Å². The highest BCUT2D eigenvalue weighted by Gasteiger charge is 2.35. The number of hydrogen-bond acceptors (Lipinski definition) is 6. The predicted molar refractivity (Wildman–Crippen MR) is 121 cm³/mol. The summed E-state index contributed by atoms with van der Waals surface area (Å²) in [4.78, 5) is 26.9. The summed E-state index contributed by atoms with van der Waals surface area (Å²) in [6.07, 6.45) is 0.194. The van der Waals surface area contributed by atoms with E-state index in [1.165, 1.54) is 5.56 Å². The molecule has 1 N–H and O–H groups in total. The second-order valence-corrected chi connectivity index (χ2v) is 8.43. The number of ether oxygens (including phenoxy) is 2. The predicted octanol–water partition coefficient (Wildman–Crippen LogP) is 3.40. The van der Waals surface area contributed by atoms with E-state index in [2.05, 4.69) is 10.5 Å². The Morgan fingerprint density at radius 3 is 2.70 bits per heavy atom. The molecule has 0 bridgehead atoms. The molecule has 0 spiro atoms. The quantitative estimate of drug-likeness (QED) is 0.644. The molecule has 170 valence electrons. The van der Waals surface area contributed by atoms with Crippen LogP contribution in [0.2, 0.25) is 0 Å². The van der Waals surface area contributed by atoms with Gasteiger partial charge in [0, 0.05) is 30.3 Å². The molecule has 0 radical (unpaired) electrons. The molecular formula is C25H25N3O5. The van der Waals surface area contributed by atoms with E-state index >= 15 is 0 Å². The van der Waals surface area contributed by atoms with Crippen molar-refractivity contribution in [2.24, 2.45) is 5.92 Å². The van der Waals surface area contributed by atoms with Gasteiger partial charge in [-0.15, -0.1) is 0 Å². The maximum absolute atomic E-state index is 12.7. The van der Waals surface area contributed by atoms with Gasteiger partial charge in [-0.05, 0) is 55.3 Å². The maximum atomic E-state index is 12.7. The molecule has 3 aromatic rings. The number of amides is 2. The Balaban J connectivity index is 1.20. The zero-order valence-electron chi connectivity index (χ0n) is 18.6. The number of aromatic nitrogens is 1. The zero-order valence-corrected chi connectivity index (χ0v) is 18.6. The molecule has 2 aliphatic heterocycles. The molecule has 8 heteroatoms. The Morgan fingerprint density at radius 2 is 1.88 bits per heavy atom. The van der Waals surface area contributed by atoms with Crippen molar-refractivity contribution in [3.63, 3.8) is 0 Å². The first kappa shape index (κ1) is 21.1. The van der Waals surface area contributed by atoms with Crippen molar-refractivity contribution in [1.29, 1.82) is 0 Å². The Bertz CT molecular complexity index is 1220. The first-order chi connectivity index (χ1) is 16.0. The molecule has 8 nitrogen and oxygen atoms in total. The number of anilines is 1. The Labute approximate surface area is 191 Å². The van der Waals surface area contributed by atoms with E-state index in [4.69, 9.17) is 14.0 Å². The molecule has 2 amide bonds. The van der Waals surface area contributed by atoms with Crippen molar-refractivity contribution in [2.45, 2.75) is 26.8 Å². The van der Waals surface area contributed by atoms with Gasteiger partial charge in [-0.1, -0.05) is 11.2 Å². The summed E-state index contributed by atoms with van der Waals surface area (Å²) in [7, 11) is 0. The molecule has 5 rings (SSSR count). The van der Waals surface area contributed by atoms with Crippen LogP contribution in [0.25, 0.3) is 11.3 Å². The number of fused-ring (bicyclic) bond motifs is 1. The zero-order chi connectivity index (χ0) is 22.9. The molecule has 0 saturated carbocycles. The standard InChI is InChI=1S/C25H25N3O5/c1-15-3-5-20(9-16(15)2)28-14-18(11-24(28)29)25(30)26-13-19-12-22(33-27-19)17-4-6-21-23(10-17)32-8-7-31-21/h3-6,9-10,12,18H,7-8,11,13-14H2,1-2H3,(H,26,30). The fourth-order valence-corrected chi connectivity index (χ4v) is 4.08. The second kappa shape index (κ2) is 8.61. The van der Waals surface area contributed by atoms with Gasteiger partial charge in [-0.2, -0.15) is 0 Å². The Hall–Kier alpha value is -3.81. The molecule has 33 heavy (non-hydrogen) atoms. The number of nitrogens with zero attached hydrogens (tertiary/aromatic N) is 2. The summed E-state index contributed by atoms with van der Waals surface area (Å²) in [5.41, 5.74) is 4.54. The van der Waals surface area contributed by atoms with E-state index in [1.54, 1.807) is 11.0 Å². The van der Waals surface area contributed by atoms with Gasteiger partial charge in [0.15, 0.2) is 17.3 Å². The molecule has 1 atom stereocenters. The summed E-state index contributed by atoms with van der Waals surface area (Å²) in [6.45, 7) is 5.68. The third kappa shape index (κ3) is 4.28. The van der Waals surface area contributed by atoms with Gasteiger partial charge in [0.2, 0.25) is 11.8 Å². The van der Waals surface area contributed by atoms with Crippen LogP contribution in [-0.2, 0) is 16.1 Å². The molecule has 1 unspecified atom stereocenters. The summed E-state index contributed by atoms with van der Waals surface area (Å²) >= 11 is 0. The molecule has 2 aliphatic rings. The smallest absolute Gasteiger partial charge is 0.227 e. The van der Waals surface area contributed by atoms with Crippen LogP contribution < -0.4 is 19.7 Å². The minimum Gasteiger partial charge on any atom is -0.486 e. The summed E-state index contributed by atoms with van der Waals surface area (Å²) in [5, 5.41) is 6.94. The monoisotopic (exact) mass is 447 g/mol. The van der Waals surface area contributed by atoms with E-state index in [-0.39, 0.29) is 24.8 Å². The lowest BCUT2D eigenvalue weighted by Gasteiger charge is -2.18. The average Bonchev–Trinajstić information content (AvgIpc) is 3.46. The lowest BCUT2D eigenvalue weighted by atomic mass is 10.1. The second-order valence-electron chi connectivity index (χ2n) is 8.43. The highest BCUT2D eigenvalue weighted by molar-refractivity contribution is 6.00. The molecule has 0 aliphatic carbocycles. The Kier molecular flexibility index (Phi) is 5.50. The molecule has 1 fully saturated rings. The molecule has 2 aromatic carbocycles. The van der Waals surface area contributed by atoms with Gasteiger partial charge >= 0.3 is 0 Å². The largest absolute Gasteiger partial charge is 0.486 e. The summed E-state index contributed by atoms with van der Waals surface area (Å²) in [6, 6.07) is 13.3. The van der Waals surface area contributed by atoms with Crippen molar-refractivity contribution in [3.8, 4) is 22.8 Å². The Morgan fingerprint density at radius 1 is 1.06 bits per heavy atom. The highest BCUT2D eigenvalue weighted by Crippen LogP contribution is 2.34. The number of nitrogens with one attached hydrogen (secondary N) is 1. The maximum Gasteiger partial charge on any atom is 0.227 e. The highest BCUT2D eigenvalue weighted by atomic mass is 16.6. The molecular weight excluding hydrogens is 422 g/mol. The third-order valence-corrected chi connectivity index (χ3v) is 6.13. The van der Waals surface area contributed by atoms with Crippen molar-refractivity contribution in [2.75, 3.05) is 24.7 Å². The van der Waals surface area contributed by atoms with Gasteiger partial charge in [-0.25, -0.2) is 0 Å². The van der Waals surface area contributed by atoms with Crippen LogP contribution in [-0.4, -0.2) is 36.7 Å². The third-order valence-electron chi connectivity index (χ3n) is 6.13. The summed E-state index contributed by atoms with van der Waals surface area (Å²) < 4.78 is 16.6. The SMILES string of the molecule is Cc1ccc(N2CC(C(=O)NCc3cc(-c4ccc5c(c4)OCCO5)on3)CC2=O)cc1C. The average molecular weight is 447 g/mol. The van der Waals surface area contributed by atoms with Gasteiger partial charge in [0.05, 0.1) is 12.5 Å². The molecule has 1 aromatic heterocycles. The van der Waals surface area contributed by atoms with Crippen LogP contribution in [0.3, 0.4) is 0 Å². The van der Waals surface area contributed by atoms with E-state index < -0.39 is 5.92 Å². The van der Waals surface area contributed by atoms with Crippen molar-refractivity contribution >= 4 is 17.5 Å². The van der Waals surface area contributed by atoms with Crippen molar-refractivity contribution in [3.05, 3.63) is 59.3 Å². The normalized spacial score (nSPS) is 17.3. The minimum atomic E-state index is -0.400. The van der Waals surface area contributed by atoms with Gasteiger partial charge in [-0.3, -0.25) is 9.59 Å². The van der Waals surface area contributed by atoms with Gasteiger partial charge in [0.25, 0.3) is 0 Å². The van der Waals surface area contributed by atoms with Crippen LogP contribution in [0, 0.1) is 19.8 Å². The van der Waals surface area contributed by atoms with Gasteiger partial charge in [0.1, 0.15) is 18.9 Å². The minimum absolute atomic E-state index is 0.0410. The van der Waals surface area contributed by atoms with Crippen LogP contribution in [0.1, 0.15) is 23.2 Å². The van der Waals surface area contributed by atoms with Crippen molar-refractivity contribution < 1.29 is 23.6 Å². The number of hydrogen-bond donors (Lipinski definition) is 1. The first-order valence-electron chi connectivity index (χ1n) is 11.0. The fraction of sp³-hybridized carbons (Fsp3) is 0.320. The van der Waals surface area contributed by atoms with Crippen LogP contribution >= 0.6 is 0 Å². The molecule has 3 heterocycles. The number of benzene rings is 2. The van der Waals surface area contributed by atoms with E-state index in [0.29, 0.717) is 42.7 Å². The van der Waals surface area contributed by atoms with Gasteiger partial charge < -0.3 is 24.2 Å². The van der Waals surface area contributed by atoms with Crippen LogP contribution in [0.5, 0.6) is 11.5 Å². The summed E-state index contributed by atoms with van der Waals surface area (Å²) in [5.74, 6) is 1.35. The number of carbonyl (C=O) groups is 2. The number of carbonyl (C=O) groups excluding carboxylic acids is 2. The van der Waals surface area contributed by atoms with Crippen LogP contribution in [0.15, 0.2) is 47.0 Å². The topological polar surface area (TPSA) is 93.9 Å². The lowest BCUT2D eigenvalue weighted by Crippen LogP contribution is -2.32. The first-order valence-corrected chi connectivity index (χ1v) is 11.0. The van der Waals surface area contributed by atoms with Crippen LogP contribution in [0.4, 0.5) is 5.69 Å². The van der Waals surface area contributed by atoms with E-state index in [0.717, 1.165) is 16.8 Å². The lowest BCUT2D eigenvalue weighted by molar-refractivity contribution is -0.126. The molecule has 1 saturated heterocycles. The number of aryl methyl sites for hydroxylation is 2. The fourth-order valence-electron chi connectivity index (χ4n) is 4.08. The van der Waals surface area contributed by atoms with Crippen molar-refractivity contribution in [1.82, 2.24) is 10.5 Å². The number of rotatable bonds is 5. The van der Waals surface area contributed by atoms with E-state index in [9.17, 15) is 9.59 Å².